The lowest BCUT2D eigenvalue weighted by atomic mass is 10.4. The molecule has 3 aromatic heterocycles. The summed E-state index contributed by atoms with van der Waals surface area (Å²) in [6.07, 6.45) is 4.67. The van der Waals surface area contributed by atoms with Crippen LogP contribution in [0.25, 0.3) is 5.78 Å². The SMILES string of the molecule is O=C(Nc1ccc(Cl)cn1)c1nc2ncc(Br)cn2n1. The summed E-state index contributed by atoms with van der Waals surface area (Å²) in [6.45, 7) is 0. The molecule has 0 radical (unpaired) electrons. The number of hydrogen-bond acceptors (Lipinski definition) is 5. The van der Waals surface area contributed by atoms with Gasteiger partial charge in [0.1, 0.15) is 5.82 Å². The number of halogens is 2. The van der Waals surface area contributed by atoms with Crippen LogP contribution in [0.3, 0.4) is 0 Å². The van der Waals surface area contributed by atoms with Crippen LogP contribution in [0.4, 0.5) is 5.82 Å². The molecule has 20 heavy (non-hydrogen) atoms. The van der Waals surface area contributed by atoms with E-state index in [-0.39, 0.29) is 5.82 Å². The number of fused-ring (bicyclic) bond motifs is 1. The Kier molecular flexibility index (Phi) is 3.33. The molecule has 0 atom stereocenters. The van der Waals surface area contributed by atoms with Gasteiger partial charge >= 0.3 is 0 Å². The van der Waals surface area contributed by atoms with Crippen molar-refractivity contribution in [2.45, 2.75) is 0 Å². The van der Waals surface area contributed by atoms with Crippen LogP contribution >= 0.6 is 27.5 Å². The predicted octanol–water partition coefficient (Wildman–Crippen LogP) is 2.19. The van der Waals surface area contributed by atoms with E-state index < -0.39 is 5.91 Å². The zero-order valence-corrected chi connectivity index (χ0v) is 12.1. The highest BCUT2D eigenvalue weighted by Crippen LogP contribution is 2.11. The van der Waals surface area contributed by atoms with Gasteiger partial charge in [0.25, 0.3) is 11.7 Å². The zero-order valence-electron chi connectivity index (χ0n) is 9.79. The molecule has 0 aromatic carbocycles. The standard InChI is InChI=1S/C11H6BrClN6O/c12-6-3-15-11-17-9(18-19(11)5-6)10(20)16-8-2-1-7(13)4-14-8/h1-5H,(H,14,16,20). The highest BCUT2D eigenvalue weighted by Gasteiger charge is 2.14. The molecule has 100 valence electrons. The van der Waals surface area contributed by atoms with Crippen molar-refractivity contribution >= 4 is 45.0 Å². The Morgan fingerprint density at radius 3 is 2.90 bits per heavy atom. The average molecular weight is 354 g/mol. The molecule has 3 rings (SSSR count). The fraction of sp³-hybridized carbons (Fsp3) is 0. The molecule has 7 nitrogen and oxygen atoms in total. The lowest BCUT2D eigenvalue weighted by molar-refractivity contribution is 0.101. The van der Waals surface area contributed by atoms with E-state index in [1.165, 1.54) is 10.7 Å². The normalized spacial score (nSPS) is 10.7. The van der Waals surface area contributed by atoms with Crippen LogP contribution in [-0.4, -0.2) is 30.5 Å². The number of amides is 1. The van der Waals surface area contributed by atoms with Crippen LogP contribution in [0.15, 0.2) is 35.2 Å². The molecule has 0 unspecified atom stereocenters. The van der Waals surface area contributed by atoms with Crippen molar-refractivity contribution < 1.29 is 4.79 Å². The molecule has 0 aliphatic carbocycles. The van der Waals surface area contributed by atoms with Gasteiger partial charge in [-0.1, -0.05) is 11.6 Å². The Hall–Kier alpha value is -2.06. The first-order chi connectivity index (χ1) is 9.61. The minimum atomic E-state index is -0.471. The Labute approximate surface area is 126 Å². The molecule has 0 aliphatic rings. The van der Waals surface area contributed by atoms with Gasteiger partial charge in [-0.05, 0) is 28.1 Å². The second-order valence-corrected chi connectivity index (χ2v) is 5.12. The van der Waals surface area contributed by atoms with Gasteiger partial charge in [0, 0.05) is 18.6 Å². The number of carbonyl (C=O) groups is 1. The molecule has 0 saturated carbocycles. The predicted molar refractivity (Wildman–Crippen MR) is 75.7 cm³/mol. The first-order valence-electron chi connectivity index (χ1n) is 5.43. The molecule has 9 heteroatoms. The molecule has 0 aliphatic heterocycles. The summed E-state index contributed by atoms with van der Waals surface area (Å²) < 4.78 is 2.15. The van der Waals surface area contributed by atoms with E-state index in [0.717, 1.165) is 4.47 Å². The van der Waals surface area contributed by atoms with Crippen molar-refractivity contribution in [2.24, 2.45) is 0 Å². The van der Waals surface area contributed by atoms with Gasteiger partial charge in [0.15, 0.2) is 0 Å². The second kappa shape index (κ2) is 5.14. The Balaban J connectivity index is 1.86. The largest absolute Gasteiger partial charge is 0.304 e. The highest BCUT2D eigenvalue weighted by atomic mass is 79.9. The van der Waals surface area contributed by atoms with Crippen LogP contribution < -0.4 is 5.32 Å². The summed E-state index contributed by atoms with van der Waals surface area (Å²) in [6, 6.07) is 3.21. The zero-order chi connectivity index (χ0) is 14.1. The van der Waals surface area contributed by atoms with Crippen molar-refractivity contribution in [1.82, 2.24) is 24.6 Å². The quantitative estimate of drug-likeness (QED) is 0.763. The average Bonchev–Trinajstić information content (AvgIpc) is 2.84. The van der Waals surface area contributed by atoms with Crippen molar-refractivity contribution in [3.8, 4) is 0 Å². The van der Waals surface area contributed by atoms with E-state index in [1.54, 1.807) is 24.5 Å². The Bertz CT molecular complexity index is 787. The molecule has 1 amide bonds. The van der Waals surface area contributed by atoms with E-state index in [4.69, 9.17) is 11.6 Å². The van der Waals surface area contributed by atoms with Crippen molar-refractivity contribution in [2.75, 3.05) is 5.32 Å². The van der Waals surface area contributed by atoms with Crippen molar-refractivity contribution in [3.63, 3.8) is 0 Å². The van der Waals surface area contributed by atoms with E-state index >= 15 is 0 Å². The van der Waals surface area contributed by atoms with Crippen LogP contribution in [0, 0.1) is 0 Å². The topological polar surface area (TPSA) is 85.1 Å². The van der Waals surface area contributed by atoms with Gasteiger partial charge in [-0.2, -0.15) is 4.98 Å². The third-order valence-corrected chi connectivity index (χ3v) is 2.97. The maximum Gasteiger partial charge on any atom is 0.296 e. The summed E-state index contributed by atoms with van der Waals surface area (Å²) in [5.41, 5.74) is 0. The summed E-state index contributed by atoms with van der Waals surface area (Å²) in [7, 11) is 0. The molecule has 0 fully saturated rings. The third-order valence-electron chi connectivity index (χ3n) is 2.33. The van der Waals surface area contributed by atoms with Gasteiger partial charge in [-0.15, -0.1) is 5.10 Å². The number of aromatic nitrogens is 5. The summed E-state index contributed by atoms with van der Waals surface area (Å²) in [5.74, 6) is 0.239. The summed E-state index contributed by atoms with van der Waals surface area (Å²) >= 11 is 8.98. The van der Waals surface area contributed by atoms with Gasteiger partial charge in [0.2, 0.25) is 5.82 Å². The molecule has 0 saturated heterocycles. The van der Waals surface area contributed by atoms with Gasteiger partial charge in [-0.3, -0.25) is 4.79 Å². The molecular formula is C11H6BrClN6O. The Morgan fingerprint density at radius 2 is 2.15 bits per heavy atom. The monoisotopic (exact) mass is 352 g/mol. The number of anilines is 1. The van der Waals surface area contributed by atoms with Crippen LogP contribution in [0.1, 0.15) is 10.6 Å². The molecule has 0 spiro atoms. The minimum Gasteiger partial charge on any atom is -0.304 e. The van der Waals surface area contributed by atoms with Gasteiger partial charge in [0.05, 0.1) is 9.50 Å². The smallest absolute Gasteiger partial charge is 0.296 e. The van der Waals surface area contributed by atoms with Crippen molar-refractivity contribution in [1.29, 1.82) is 0 Å². The number of hydrogen-bond donors (Lipinski definition) is 1. The highest BCUT2D eigenvalue weighted by molar-refractivity contribution is 9.10. The number of rotatable bonds is 2. The van der Waals surface area contributed by atoms with E-state index in [2.05, 4.69) is 41.3 Å². The molecular weight excluding hydrogens is 348 g/mol. The fourth-order valence-electron chi connectivity index (χ4n) is 1.48. The molecule has 0 bridgehead atoms. The molecule has 1 N–H and O–H groups in total. The first kappa shape index (κ1) is 12.9. The lowest BCUT2D eigenvalue weighted by Crippen LogP contribution is -2.14. The van der Waals surface area contributed by atoms with E-state index in [1.807, 2.05) is 0 Å². The van der Waals surface area contributed by atoms with E-state index in [9.17, 15) is 4.79 Å². The summed E-state index contributed by atoms with van der Waals surface area (Å²) in [4.78, 5) is 24.0. The van der Waals surface area contributed by atoms with Crippen molar-refractivity contribution in [3.05, 3.63) is 46.0 Å². The molecule has 3 heterocycles. The van der Waals surface area contributed by atoms with Gasteiger partial charge in [-0.25, -0.2) is 14.5 Å². The first-order valence-corrected chi connectivity index (χ1v) is 6.60. The van der Waals surface area contributed by atoms with Crippen LogP contribution in [0.2, 0.25) is 5.02 Å². The van der Waals surface area contributed by atoms with Crippen LogP contribution in [-0.2, 0) is 0 Å². The minimum absolute atomic E-state index is 0.00681. The number of nitrogens with one attached hydrogen (secondary N) is 1. The molecule has 3 aromatic rings. The maximum atomic E-state index is 12.0. The Morgan fingerprint density at radius 1 is 1.30 bits per heavy atom. The third kappa shape index (κ3) is 2.61. The van der Waals surface area contributed by atoms with Crippen LogP contribution in [0.5, 0.6) is 0 Å². The lowest BCUT2D eigenvalue weighted by Gasteiger charge is -2.00. The fourth-order valence-corrected chi connectivity index (χ4v) is 1.89. The second-order valence-electron chi connectivity index (χ2n) is 3.77. The van der Waals surface area contributed by atoms with E-state index in [0.29, 0.717) is 16.6 Å². The number of pyridine rings is 1. The number of nitrogens with zero attached hydrogens (tertiary/aromatic N) is 5. The maximum absolute atomic E-state index is 12.0. The summed E-state index contributed by atoms with van der Waals surface area (Å²) in [5, 5.41) is 7.10. The number of carbonyl (C=O) groups excluding carboxylic acids is 1. The van der Waals surface area contributed by atoms with Gasteiger partial charge < -0.3 is 5.32 Å².